The summed E-state index contributed by atoms with van der Waals surface area (Å²) < 4.78 is 2.18. The summed E-state index contributed by atoms with van der Waals surface area (Å²) in [6, 6.07) is 22.8. The minimum atomic E-state index is -0.0878. The summed E-state index contributed by atoms with van der Waals surface area (Å²) in [5.41, 5.74) is 5.42. The summed E-state index contributed by atoms with van der Waals surface area (Å²) >= 11 is 0. The Morgan fingerprint density at radius 1 is 1.00 bits per heavy atom. The Morgan fingerprint density at radius 3 is 2.59 bits per heavy atom. The molecule has 0 unspecified atom stereocenters. The number of amides is 1. The van der Waals surface area contributed by atoms with E-state index in [4.69, 9.17) is 4.99 Å². The number of nitrogens with zero attached hydrogens (tertiary/aromatic N) is 2. The maximum atomic E-state index is 12.2. The molecule has 1 aliphatic heterocycles. The van der Waals surface area contributed by atoms with Crippen molar-refractivity contribution >= 4 is 11.6 Å². The highest BCUT2D eigenvalue weighted by Crippen LogP contribution is 2.34. The summed E-state index contributed by atoms with van der Waals surface area (Å²) in [5.74, 6) is 0.346. The molecule has 4 nitrogen and oxygen atoms in total. The molecule has 1 aromatic heterocycles. The van der Waals surface area contributed by atoms with Crippen LogP contribution in [0.15, 0.2) is 77.9 Å². The number of benzene rings is 2. The van der Waals surface area contributed by atoms with Crippen LogP contribution in [0.4, 0.5) is 0 Å². The van der Waals surface area contributed by atoms with E-state index in [1.807, 2.05) is 24.3 Å². The van der Waals surface area contributed by atoms with E-state index in [0.717, 1.165) is 35.5 Å². The summed E-state index contributed by atoms with van der Waals surface area (Å²) in [7, 11) is 0. The van der Waals surface area contributed by atoms with Crippen molar-refractivity contribution in [1.82, 2.24) is 9.88 Å². The zero-order valence-electron chi connectivity index (χ0n) is 15.0. The summed E-state index contributed by atoms with van der Waals surface area (Å²) in [6.45, 7) is 0.455. The zero-order valence-corrected chi connectivity index (χ0v) is 15.0. The van der Waals surface area contributed by atoms with Crippen LogP contribution in [0.1, 0.15) is 35.7 Å². The van der Waals surface area contributed by atoms with Gasteiger partial charge in [0.15, 0.2) is 0 Å². The van der Waals surface area contributed by atoms with Gasteiger partial charge in [-0.05, 0) is 36.6 Å². The van der Waals surface area contributed by atoms with Crippen LogP contribution in [0, 0.1) is 5.92 Å². The lowest BCUT2D eigenvalue weighted by Gasteiger charge is -2.16. The predicted molar refractivity (Wildman–Crippen MR) is 106 cm³/mol. The van der Waals surface area contributed by atoms with E-state index in [9.17, 15) is 4.79 Å². The van der Waals surface area contributed by atoms with Crippen molar-refractivity contribution < 1.29 is 4.79 Å². The second-order valence-corrected chi connectivity index (χ2v) is 7.20. The Balaban J connectivity index is 1.61. The Hall–Kier alpha value is -3.14. The summed E-state index contributed by atoms with van der Waals surface area (Å²) in [5, 5.41) is 3.09. The van der Waals surface area contributed by atoms with Gasteiger partial charge in [-0.25, -0.2) is 0 Å². The van der Waals surface area contributed by atoms with Gasteiger partial charge in [0, 0.05) is 17.7 Å². The predicted octanol–water partition coefficient (Wildman–Crippen LogP) is 3.90. The van der Waals surface area contributed by atoms with Crippen molar-refractivity contribution in [2.24, 2.45) is 10.9 Å². The van der Waals surface area contributed by atoms with E-state index in [1.165, 1.54) is 5.56 Å². The monoisotopic (exact) mass is 355 g/mol. The lowest BCUT2D eigenvalue weighted by molar-refractivity contribution is -0.121. The number of fused-ring (bicyclic) bond motifs is 3. The summed E-state index contributed by atoms with van der Waals surface area (Å²) in [6.07, 6.45) is 4.08. The topological polar surface area (TPSA) is 46.4 Å². The van der Waals surface area contributed by atoms with Crippen molar-refractivity contribution in [3.8, 4) is 5.69 Å². The van der Waals surface area contributed by atoms with Crippen LogP contribution in [0.5, 0.6) is 0 Å². The maximum absolute atomic E-state index is 12.2. The van der Waals surface area contributed by atoms with Crippen molar-refractivity contribution in [1.29, 1.82) is 0 Å². The van der Waals surface area contributed by atoms with Crippen molar-refractivity contribution in [3.05, 3.63) is 89.7 Å². The second kappa shape index (κ2) is 6.54. The highest BCUT2D eigenvalue weighted by atomic mass is 16.2. The number of hydrogen-bond acceptors (Lipinski definition) is 2. The fraction of sp³-hybridized carbons (Fsp3) is 0.217. The van der Waals surface area contributed by atoms with Crippen molar-refractivity contribution in [2.75, 3.05) is 6.54 Å². The molecule has 0 radical (unpaired) electrons. The molecule has 0 bridgehead atoms. The van der Waals surface area contributed by atoms with E-state index in [2.05, 4.69) is 58.5 Å². The average Bonchev–Trinajstić information content (AvgIpc) is 3.48. The van der Waals surface area contributed by atoms with Crippen LogP contribution in [0.3, 0.4) is 0 Å². The molecule has 1 atom stereocenters. The van der Waals surface area contributed by atoms with Gasteiger partial charge in [0.05, 0.1) is 23.6 Å². The molecule has 2 aliphatic rings. The molecule has 3 aromatic rings. The Morgan fingerprint density at radius 2 is 1.78 bits per heavy atom. The molecule has 2 aromatic carbocycles. The molecule has 1 aliphatic carbocycles. The highest BCUT2D eigenvalue weighted by molar-refractivity contribution is 6.03. The Labute approximate surface area is 158 Å². The van der Waals surface area contributed by atoms with Crippen LogP contribution in [-0.2, 0) is 4.79 Å². The van der Waals surface area contributed by atoms with Gasteiger partial charge >= 0.3 is 0 Å². The molecule has 1 saturated carbocycles. The summed E-state index contributed by atoms with van der Waals surface area (Å²) in [4.78, 5) is 17.3. The maximum Gasteiger partial charge on any atom is 0.223 e. The number of nitrogens with one attached hydrogen (secondary N) is 1. The number of aromatic nitrogens is 1. The number of carbonyl (C=O) groups excluding carboxylic acids is 1. The number of para-hydroxylation sites is 1. The number of carbonyl (C=O) groups is 1. The van der Waals surface area contributed by atoms with Crippen LogP contribution in [0.25, 0.3) is 5.69 Å². The standard InChI is InChI=1S/C23H21N3O/c27-23(17-12-13-17)24-15-19-21-11-6-14-26(21)20-10-5-4-9-18(20)22(25-19)16-7-2-1-3-8-16/h1-11,14,17,22H,12-13,15H2,(H,24,27)/t22-/m1/s1. The van der Waals surface area contributed by atoms with Gasteiger partial charge in [0.25, 0.3) is 0 Å². The fourth-order valence-electron chi connectivity index (χ4n) is 3.74. The first kappa shape index (κ1) is 16.1. The van der Waals surface area contributed by atoms with Gasteiger partial charge in [0.1, 0.15) is 6.04 Å². The van der Waals surface area contributed by atoms with Crippen LogP contribution in [-0.4, -0.2) is 22.7 Å². The number of aliphatic imine (C=N–C) groups is 1. The third kappa shape index (κ3) is 2.97. The average molecular weight is 355 g/mol. The molecule has 1 N–H and O–H groups in total. The molecule has 0 spiro atoms. The van der Waals surface area contributed by atoms with E-state index >= 15 is 0 Å². The molecule has 5 rings (SSSR count). The molecule has 4 heteroatoms. The molecule has 27 heavy (non-hydrogen) atoms. The first-order valence-electron chi connectivity index (χ1n) is 9.47. The first-order valence-corrected chi connectivity index (χ1v) is 9.47. The van der Waals surface area contributed by atoms with Crippen LogP contribution >= 0.6 is 0 Å². The minimum Gasteiger partial charge on any atom is -0.350 e. The lowest BCUT2D eigenvalue weighted by atomic mass is 9.98. The molecule has 0 saturated heterocycles. The van der Waals surface area contributed by atoms with E-state index in [1.54, 1.807) is 0 Å². The third-order valence-electron chi connectivity index (χ3n) is 5.31. The molecular formula is C23H21N3O. The lowest BCUT2D eigenvalue weighted by Crippen LogP contribution is -2.31. The molecule has 2 heterocycles. The SMILES string of the molecule is O=C(NCC1=N[C@H](c2ccccc2)c2ccccc2-n2cccc21)C1CC1. The van der Waals surface area contributed by atoms with E-state index in [0.29, 0.717) is 6.54 Å². The number of hydrogen-bond donors (Lipinski definition) is 1. The molecular weight excluding hydrogens is 334 g/mol. The normalized spacial score (nSPS) is 18.1. The fourth-order valence-corrected chi connectivity index (χ4v) is 3.74. The minimum absolute atomic E-state index is 0.0878. The second-order valence-electron chi connectivity index (χ2n) is 7.20. The third-order valence-corrected chi connectivity index (χ3v) is 5.31. The molecule has 1 fully saturated rings. The van der Waals surface area contributed by atoms with Crippen LogP contribution in [0.2, 0.25) is 0 Å². The quantitative estimate of drug-likeness (QED) is 0.758. The van der Waals surface area contributed by atoms with Crippen molar-refractivity contribution in [3.63, 3.8) is 0 Å². The molecule has 1 amide bonds. The van der Waals surface area contributed by atoms with Gasteiger partial charge in [-0.3, -0.25) is 9.79 Å². The first-order chi connectivity index (χ1) is 13.3. The van der Waals surface area contributed by atoms with Crippen molar-refractivity contribution in [2.45, 2.75) is 18.9 Å². The van der Waals surface area contributed by atoms with Crippen LogP contribution < -0.4 is 5.32 Å². The van der Waals surface area contributed by atoms with E-state index < -0.39 is 0 Å². The van der Waals surface area contributed by atoms with Gasteiger partial charge < -0.3 is 9.88 Å². The number of rotatable bonds is 4. The largest absolute Gasteiger partial charge is 0.350 e. The Bertz CT molecular complexity index is 1010. The Kier molecular flexibility index (Phi) is 3.89. The van der Waals surface area contributed by atoms with Gasteiger partial charge in [-0.1, -0.05) is 48.5 Å². The van der Waals surface area contributed by atoms with Gasteiger partial charge in [-0.15, -0.1) is 0 Å². The smallest absolute Gasteiger partial charge is 0.223 e. The highest BCUT2D eigenvalue weighted by Gasteiger charge is 2.30. The van der Waals surface area contributed by atoms with Gasteiger partial charge in [0.2, 0.25) is 5.91 Å². The van der Waals surface area contributed by atoms with E-state index in [-0.39, 0.29) is 17.9 Å². The zero-order chi connectivity index (χ0) is 18.2. The van der Waals surface area contributed by atoms with Gasteiger partial charge in [-0.2, -0.15) is 0 Å². The molecule has 134 valence electrons.